The molecule has 14 heavy (non-hydrogen) atoms. The Hall–Kier alpha value is 0.220. The van der Waals surface area contributed by atoms with Crippen LogP contribution in [0.2, 0.25) is 0 Å². The molecular formula is C11H12I2O. The van der Waals surface area contributed by atoms with Gasteiger partial charge in [0.05, 0.1) is 10.2 Å². The zero-order valence-corrected chi connectivity index (χ0v) is 12.3. The van der Waals surface area contributed by atoms with Gasteiger partial charge in [0.25, 0.3) is 0 Å². The van der Waals surface area contributed by atoms with E-state index in [1.807, 2.05) is 13.0 Å². The standard InChI is InChI=1S/C11H12I2O/c1-8(2)5-6-14-11-4-3-9(12)7-10(11)13/h3-4,7H,1,5-6H2,2H3. The summed E-state index contributed by atoms with van der Waals surface area (Å²) in [6.07, 6.45) is 0.919. The number of benzene rings is 1. The zero-order chi connectivity index (χ0) is 10.6. The molecule has 0 radical (unpaired) electrons. The summed E-state index contributed by atoms with van der Waals surface area (Å²) >= 11 is 4.59. The molecule has 1 aromatic rings. The Kier molecular flexibility index (Phi) is 5.22. The second-order valence-corrected chi connectivity index (χ2v) is 5.54. The fraction of sp³-hybridized carbons (Fsp3) is 0.273. The van der Waals surface area contributed by atoms with Crippen molar-refractivity contribution in [3.63, 3.8) is 0 Å². The van der Waals surface area contributed by atoms with E-state index in [2.05, 4.69) is 63.9 Å². The smallest absolute Gasteiger partial charge is 0.132 e. The Morgan fingerprint density at radius 2 is 2.14 bits per heavy atom. The molecular weight excluding hydrogens is 402 g/mol. The van der Waals surface area contributed by atoms with Crippen molar-refractivity contribution in [1.82, 2.24) is 0 Å². The molecule has 1 rings (SSSR count). The lowest BCUT2D eigenvalue weighted by Gasteiger charge is -2.08. The van der Waals surface area contributed by atoms with Crippen LogP contribution < -0.4 is 4.74 Å². The number of hydrogen-bond acceptors (Lipinski definition) is 1. The van der Waals surface area contributed by atoms with Crippen LogP contribution in [0, 0.1) is 7.14 Å². The molecule has 0 N–H and O–H groups in total. The highest BCUT2D eigenvalue weighted by Gasteiger charge is 2.00. The zero-order valence-electron chi connectivity index (χ0n) is 8.02. The maximum atomic E-state index is 5.63. The molecule has 0 bridgehead atoms. The predicted octanol–water partition coefficient (Wildman–Crippen LogP) is 4.24. The van der Waals surface area contributed by atoms with E-state index in [1.54, 1.807) is 0 Å². The van der Waals surface area contributed by atoms with Crippen LogP contribution in [-0.4, -0.2) is 6.61 Å². The van der Waals surface area contributed by atoms with Gasteiger partial charge in [-0.25, -0.2) is 0 Å². The van der Waals surface area contributed by atoms with Crippen molar-refractivity contribution in [3.8, 4) is 5.75 Å². The molecule has 0 aliphatic heterocycles. The minimum atomic E-state index is 0.714. The lowest BCUT2D eigenvalue weighted by Crippen LogP contribution is -1.99. The predicted molar refractivity (Wildman–Crippen MR) is 76.8 cm³/mol. The summed E-state index contributed by atoms with van der Waals surface area (Å²) in [7, 11) is 0. The average molecular weight is 414 g/mol. The van der Waals surface area contributed by atoms with Gasteiger partial charge in [0, 0.05) is 9.99 Å². The Morgan fingerprint density at radius 3 is 2.71 bits per heavy atom. The van der Waals surface area contributed by atoms with Crippen molar-refractivity contribution in [2.24, 2.45) is 0 Å². The minimum Gasteiger partial charge on any atom is -0.492 e. The largest absolute Gasteiger partial charge is 0.492 e. The van der Waals surface area contributed by atoms with Crippen molar-refractivity contribution < 1.29 is 4.74 Å². The maximum absolute atomic E-state index is 5.63. The molecule has 0 aromatic heterocycles. The van der Waals surface area contributed by atoms with Gasteiger partial charge < -0.3 is 4.74 Å². The molecule has 3 heteroatoms. The molecule has 76 valence electrons. The van der Waals surface area contributed by atoms with Gasteiger partial charge in [-0.1, -0.05) is 5.57 Å². The van der Waals surface area contributed by atoms with Crippen molar-refractivity contribution >= 4 is 45.2 Å². The molecule has 1 nitrogen and oxygen atoms in total. The van der Waals surface area contributed by atoms with Gasteiger partial charge in [0.15, 0.2) is 0 Å². The van der Waals surface area contributed by atoms with Crippen molar-refractivity contribution in [2.75, 3.05) is 6.61 Å². The third kappa shape index (κ3) is 4.16. The summed E-state index contributed by atoms with van der Waals surface area (Å²) in [5, 5.41) is 0. The summed E-state index contributed by atoms with van der Waals surface area (Å²) in [6.45, 7) is 6.57. The lowest BCUT2D eigenvalue weighted by atomic mass is 10.2. The van der Waals surface area contributed by atoms with Crippen molar-refractivity contribution in [3.05, 3.63) is 37.5 Å². The first-order valence-corrected chi connectivity index (χ1v) is 6.47. The summed E-state index contributed by atoms with van der Waals surface area (Å²) in [4.78, 5) is 0. The molecule has 0 atom stereocenters. The first-order chi connectivity index (χ1) is 6.59. The Morgan fingerprint density at radius 1 is 1.43 bits per heavy atom. The van der Waals surface area contributed by atoms with Gasteiger partial charge in [0.2, 0.25) is 0 Å². The van der Waals surface area contributed by atoms with Crippen LogP contribution in [0.5, 0.6) is 5.75 Å². The highest BCUT2D eigenvalue weighted by molar-refractivity contribution is 14.1. The lowest BCUT2D eigenvalue weighted by molar-refractivity contribution is 0.319. The van der Waals surface area contributed by atoms with Crippen molar-refractivity contribution in [2.45, 2.75) is 13.3 Å². The summed E-state index contributed by atoms with van der Waals surface area (Å²) in [5.41, 5.74) is 1.16. The number of hydrogen-bond donors (Lipinski definition) is 0. The first-order valence-electron chi connectivity index (χ1n) is 4.32. The Labute approximate surface area is 112 Å². The third-order valence-electron chi connectivity index (χ3n) is 1.68. The third-order valence-corrected chi connectivity index (χ3v) is 3.19. The van der Waals surface area contributed by atoms with E-state index in [-0.39, 0.29) is 0 Å². The second-order valence-electron chi connectivity index (χ2n) is 3.13. The topological polar surface area (TPSA) is 9.23 Å². The van der Waals surface area contributed by atoms with E-state index in [9.17, 15) is 0 Å². The molecule has 0 saturated carbocycles. The van der Waals surface area contributed by atoms with E-state index in [0.717, 1.165) is 21.3 Å². The van der Waals surface area contributed by atoms with Crippen LogP contribution in [0.3, 0.4) is 0 Å². The van der Waals surface area contributed by atoms with Crippen LogP contribution in [-0.2, 0) is 0 Å². The highest BCUT2D eigenvalue weighted by atomic mass is 127. The minimum absolute atomic E-state index is 0.714. The molecule has 0 saturated heterocycles. The molecule has 0 fully saturated rings. The molecule has 0 unspecified atom stereocenters. The fourth-order valence-corrected chi connectivity index (χ4v) is 2.69. The number of rotatable bonds is 4. The molecule has 0 aliphatic carbocycles. The van der Waals surface area contributed by atoms with E-state index in [0.29, 0.717) is 6.61 Å². The number of ether oxygens (including phenoxy) is 1. The normalized spacial score (nSPS) is 9.93. The van der Waals surface area contributed by atoms with Gasteiger partial charge in [-0.15, -0.1) is 6.58 Å². The Bertz CT molecular complexity index is 334. The van der Waals surface area contributed by atoms with Crippen LogP contribution >= 0.6 is 45.2 Å². The van der Waals surface area contributed by atoms with Crippen molar-refractivity contribution in [1.29, 1.82) is 0 Å². The Balaban J connectivity index is 2.55. The van der Waals surface area contributed by atoms with Crippen LogP contribution in [0.1, 0.15) is 13.3 Å². The highest BCUT2D eigenvalue weighted by Crippen LogP contribution is 2.23. The molecule has 0 aliphatic rings. The second kappa shape index (κ2) is 5.95. The summed E-state index contributed by atoms with van der Waals surface area (Å²) < 4.78 is 8.03. The van der Waals surface area contributed by atoms with Gasteiger partial charge >= 0.3 is 0 Å². The summed E-state index contributed by atoms with van der Waals surface area (Å²) in [5.74, 6) is 0.965. The fourth-order valence-electron chi connectivity index (χ4n) is 0.927. The first kappa shape index (κ1) is 12.3. The van der Waals surface area contributed by atoms with Gasteiger partial charge in [-0.2, -0.15) is 0 Å². The SMILES string of the molecule is C=C(C)CCOc1ccc(I)cc1I. The molecule has 0 amide bonds. The van der Waals surface area contributed by atoms with Crippen LogP contribution in [0.4, 0.5) is 0 Å². The summed E-state index contributed by atoms with van der Waals surface area (Å²) in [6, 6.07) is 6.18. The van der Waals surface area contributed by atoms with E-state index < -0.39 is 0 Å². The van der Waals surface area contributed by atoms with Crippen LogP contribution in [0.15, 0.2) is 30.4 Å². The van der Waals surface area contributed by atoms with Crippen LogP contribution in [0.25, 0.3) is 0 Å². The van der Waals surface area contributed by atoms with Gasteiger partial charge in [-0.3, -0.25) is 0 Å². The molecule has 0 spiro atoms. The van der Waals surface area contributed by atoms with Gasteiger partial charge in [0.1, 0.15) is 5.75 Å². The van der Waals surface area contributed by atoms with Gasteiger partial charge in [-0.05, 0) is 70.3 Å². The van der Waals surface area contributed by atoms with E-state index >= 15 is 0 Å². The molecule has 1 aromatic carbocycles. The maximum Gasteiger partial charge on any atom is 0.132 e. The average Bonchev–Trinajstić information content (AvgIpc) is 2.08. The monoisotopic (exact) mass is 414 g/mol. The van der Waals surface area contributed by atoms with E-state index in [1.165, 1.54) is 3.57 Å². The van der Waals surface area contributed by atoms with E-state index in [4.69, 9.17) is 4.74 Å². The number of halogens is 2. The quantitative estimate of drug-likeness (QED) is 0.530. The molecule has 0 heterocycles.